The first-order valence-electron chi connectivity index (χ1n) is 9.58. The van der Waals surface area contributed by atoms with Gasteiger partial charge in [0.05, 0.1) is 14.1 Å². The van der Waals surface area contributed by atoms with E-state index in [2.05, 4.69) is 15.0 Å². The predicted molar refractivity (Wildman–Crippen MR) is 119 cm³/mol. The monoisotopic (exact) mass is 467 g/mol. The number of hydrogen-bond donors (Lipinski definition) is 2. The molecule has 0 atom stereocenters. The van der Waals surface area contributed by atoms with Crippen LogP contribution in [0.1, 0.15) is 48.2 Å². The largest absolute Gasteiger partial charge is 0.326 e. The highest BCUT2D eigenvalue weighted by Crippen LogP contribution is 2.23. The van der Waals surface area contributed by atoms with E-state index in [1.54, 1.807) is 24.3 Å². The van der Waals surface area contributed by atoms with Crippen molar-refractivity contribution >= 4 is 56.2 Å². The van der Waals surface area contributed by atoms with Gasteiger partial charge in [-0.05, 0) is 43.2 Å². The molecule has 1 aromatic heterocycles. The second-order valence-corrected chi connectivity index (χ2v) is 10.2. The van der Waals surface area contributed by atoms with Gasteiger partial charge in [-0.2, -0.15) is 0 Å². The lowest BCUT2D eigenvalue weighted by Crippen LogP contribution is -2.30. The molecule has 1 aromatic carbocycles. The van der Waals surface area contributed by atoms with Gasteiger partial charge in [-0.15, -0.1) is 11.3 Å². The molecule has 1 aliphatic heterocycles. The van der Waals surface area contributed by atoms with Gasteiger partial charge < -0.3 is 5.32 Å². The Bertz CT molecular complexity index is 1060. The van der Waals surface area contributed by atoms with E-state index in [0.717, 1.165) is 19.3 Å². The first kappa shape index (κ1) is 22.5. The molecule has 30 heavy (non-hydrogen) atoms. The molecule has 0 spiro atoms. The molecular weight excluding hydrogens is 446 g/mol. The van der Waals surface area contributed by atoms with Crippen molar-refractivity contribution in [1.82, 2.24) is 4.72 Å². The third-order valence-electron chi connectivity index (χ3n) is 4.48. The number of amides is 1. The quantitative estimate of drug-likeness (QED) is 0.593. The van der Waals surface area contributed by atoms with Gasteiger partial charge in [0.1, 0.15) is 5.84 Å². The minimum atomic E-state index is -3.79. The molecule has 1 amide bonds. The first-order chi connectivity index (χ1) is 14.3. The number of Topliss-reactive ketones (excluding diaryl/α,β-unsaturated/α-hetero) is 1. The zero-order chi connectivity index (χ0) is 21.6. The number of ketones is 1. The third-order valence-corrected chi connectivity index (χ3v) is 7.13. The topological polar surface area (TPSA) is 105 Å². The lowest BCUT2D eigenvalue weighted by Gasteiger charge is -2.11. The SMILES string of the molecule is O=C(CCC(=O)c1ccc(Cl)s1)Nc1cccc(S(=O)(=O)NC2=NCCCCC2)c1. The number of nitrogens with one attached hydrogen (secondary N) is 2. The van der Waals surface area contributed by atoms with Gasteiger partial charge in [0.15, 0.2) is 5.78 Å². The fourth-order valence-electron chi connectivity index (χ4n) is 2.95. The maximum atomic E-state index is 12.7. The minimum absolute atomic E-state index is 0.0135. The van der Waals surface area contributed by atoms with Crippen LogP contribution in [-0.4, -0.2) is 32.5 Å². The number of anilines is 1. The highest BCUT2D eigenvalue weighted by atomic mass is 35.5. The molecule has 2 N–H and O–H groups in total. The molecule has 10 heteroatoms. The average Bonchev–Trinajstić information content (AvgIpc) is 2.99. The summed E-state index contributed by atoms with van der Waals surface area (Å²) in [6.45, 7) is 0.615. The molecule has 0 saturated heterocycles. The van der Waals surface area contributed by atoms with Crippen LogP contribution in [0.25, 0.3) is 0 Å². The summed E-state index contributed by atoms with van der Waals surface area (Å²) in [7, 11) is -3.79. The smallest absolute Gasteiger partial charge is 0.262 e. The molecule has 2 heterocycles. The maximum Gasteiger partial charge on any atom is 0.262 e. The molecule has 1 aliphatic rings. The Morgan fingerprint density at radius 2 is 1.93 bits per heavy atom. The number of rotatable bonds is 7. The minimum Gasteiger partial charge on any atom is -0.326 e. The number of nitrogens with zero attached hydrogens (tertiary/aromatic N) is 1. The van der Waals surface area contributed by atoms with E-state index < -0.39 is 10.0 Å². The van der Waals surface area contributed by atoms with Crippen LogP contribution in [-0.2, 0) is 14.8 Å². The summed E-state index contributed by atoms with van der Waals surface area (Å²) in [6.07, 6.45) is 3.50. The zero-order valence-electron chi connectivity index (χ0n) is 16.2. The Morgan fingerprint density at radius 1 is 1.10 bits per heavy atom. The highest BCUT2D eigenvalue weighted by Gasteiger charge is 2.18. The number of hydrogen-bond acceptors (Lipinski definition) is 6. The number of carbonyl (C=O) groups is 2. The molecule has 0 bridgehead atoms. The van der Waals surface area contributed by atoms with Crippen molar-refractivity contribution in [2.75, 3.05) is 11.9 Å². The summed E-state index contributed by atoms with van der Waals surface area (Å²) >= 11 is 6.99. The van der Waals surface area contributed by atoms with E-state index in [4.69, 9.17) is 11.6 Å². The molecule has 0 unspecified atom stereocenters. The number of thiophene rings is 1. The predicted octanol–water partition coefficient (Wildman–Crippen LogP) is 4.25. The number of halogens is 1. The van der Waals surface area contributed by atoms with Crippen molar-refractivity contribution in [3.63, 3.8) is 0 Å². The van der Waals surface area contributed by atoms with Crippen LogP contribution in [0.2, 0.25) is 4.34 Å². The van der Waals surface area contributed by atoms with Gasteiger partial charge in [0.2, 0.25) is 5.91 Å². The fourth-order valence-corrected chi connectivity index (χ4v) is 5.10. The van der Waals surface area contributed by atoms with Gasteiger partial charge in [-0.25, -0.2) is 8.42 Å². The molecule has 2 aromatic rings. The number of amidine groups is 1. The average molecular weight is 468 g/mol. The molecule has 0 saturated carbocycles. The van der Waals surface area contributed by atoms with Crippen LogP contribution in [0.4, 0.5) is 5.69 Å². The van der Waals surface area contributed by atoms with Gasteiger partial charge in [-0.1, -0.05) is 24.1 Å². The first-order valence-corrected chi connectivity index (χ1v) is 12.3. The standard InChI is InChI=1S/C20H22ClN3O4S2/c21-18-10-9-17(29-18)16(25)8-11-20(26)23-14-5-4-6-15(13-14)30(27,28)24-19-7-2-1-3-12-22-19/h4-6,9-10,13H,1-3,7-8,11-12H2,(H,22,24)(H,23,26). The van der Waals surface area contributed by atoms with E-state index in [-0.39, 0.29) is 29.4 Å². The van der Waals surface area contributed by atoms with Crippen molar-refractivity contribution in [3.8, 4) is 0 Å². The zero-order valence-corrected chi connectivity index (χ0v) is 18.6. The van der Waals surface area contributed by atoms with Gasteiger partial charge in [0.25, 0.3) is 10.0 Å². The van der Waals surface area contributed by atoms with Crippen LogP contribution in [0.5, 0.6) is 0 Å². The Kier molecular flexibility index (Phi) is 7.63. The summed E-state index contributed by atoms with van der Waals surface area (Å²) in [5.41, 5.74) is 0.345. The van der Waals surface area contributed by atoms with Crippen LogP contribution >= 0.6 is 22.9 Å². The van der Waals surface area contributed by atoms with E-state index in [1.165, 1.54) is 23.5 Å². The van der Waals surface area contributed by atoms with Crippen molar-refractivity contribution in [2.45, 2.75) is 43.4 Å². The van der Waals surface area contributed by atoms with E-state index in [1.807, 2.05) is 0 Å². The molecule has 3 rings (SSSR count). The van der Waals surface area contributed by atoms with Crippen molar-refractivity contribution in [3.05, 3.63) is 45.6 Å². The molecule has 0 radical (unpaired) electrons. The number of benzene rings is 1. The summed E-state index contributed by atoms with van der Waals surface area (Å²) in [6, 6.07) is 9.27. The summed E-state index contributed by atoms with van der Waals surface area (Å²) in [4.78, 5) is 29.1. The van der Waals surface area contributed by atoms with Crippen molar-refractivity contribution in [1.29, 1.82) is 0 Å². The Morgan fingerprint density at radius 3 is 2.70 bits per heavy atom. The highest BCUT2D eigenvalue weighted by molar-refractivity contribution is 7.90. The van der Waals surface area contributed by atoms with E-state index in [9.17, 15) is 18.0 Å². The molecule has 160 valence electrons. The normalized spacial score (nSPS) is 14.5. The Balaban J connectivity index is 1.59. The van der Waals surface area contributed by atoms with Crippen LogP contribution < -0.4 is 10.0 Å². The van der Waals surface area contributed by atoms with Crippen molar-refractivity contribution in [2.24, 2.45) is 4.99 Å². The Labute approximate surface area is 184 Å². The van der Waals surface area contributed by atoms with E-state index >= 15 is 0 Å². The summed E-state index contributed by atoms with van der Waals surface area (Å²) in [5.74, 6) is -0.0671. The number of carbonyl (C=O) groups excluding carboxylic acids is 2. The fraction of sp³-hybridized carbons (Fsp3) is 0.350. The maximum absolute atomic E-state index is 12.7. The second kappa shape index (κ2) is 10.2. The second-order valence-electron chi connectivity index (χ2n) is 6.85. The summed E-state index contributed by atoms with van der Waals surface area (Å²) < 4.78 is 28.4. The van der Waals surface area contributed by atoms with Gasteiger partial charge in [0, 0.05) is 31.5 Å². The van der Waals surface area contributed by atoms with Crippen LogP contribution in [0, 0.1) is 0 Å². The lowest BCUT2D eigenvalue weighted by atomic mass is 10.2. The third kappa shape index (κ3) is 6.38. The Hall–Kier alpha value is -2.23. The number of aliphatic imine (C=N–C) groups is 1. The van der Waals surface area contributed by atoms with Crippen LogP contribution in [0.15, 0.2) is 46.3 Å². The molecule has 7 nitrogen and oxygen atoms in total. The molecular formula is C20H22ClN3O4S2. The molecule has 0 fully saturated rings. The molecule has 0 aliphatic carbocycles. The lowest BCUT2D eigenvalue weighted by molar-refractivity contribution is -0.116. The number of sulfonamides is 1. The van der Waals surface area contributed by atoms with Gasteiger partial charge >= 0.3 is 0 Å². The summed E-state index contributed by atoms with van der Waals surface area (Å²) in [5, 5.41) is 2.64. The van der Waals surface area contributed by atoms with Crippen LogP contribution in [0.3, 0.4) is 0 Å². The van der Waals surface area contributed by atoms with Crippen molar-refractivity contribution < 1.29 is 18.0 Å². The van der Waals surface area contributed by atoms with Gasteiger partial charge in [-0.3, -0.25) is 19.3 Å². The van der Waals surface area contributed by atoms with E-state index in [0.29, 0.717) is 33.7 Å².